The highest BCUT2D eigenvalue weighted by Gasteiger charge is 2.53. The van der Waals surface area contributed by atoms with Crippen LogP contribution in [0.15, 0.2) is 18.2 Å². The Balaban J connectivity index is 1.55. The SMILES string of the molecule is CC[C@@H]1[C@@H]2CN(C(=O)[C@H](C(C)(C)C)NC(=O)O[C@@H]3CC3CCCCCc3nc4ccc(OCC(F)(F)F)cc4nc3O2)[C@@H]1C(=O)OC(C)(C)C. The normalized spacial score (nSPS) is 26.8. The molecular weight excluding hydrogens is 657 g/mol. The molecule has 1 aromatic carbocycles. The summed E-state index contributed by atoms with van der Waals surface area (Å²) in [5.74, 6) is -1.18. The van der Waals surface area contributed by atoms with E-state index in [9.17, 15) is 27.6 Å². The molecule has 2 aliphatic heterocycles. The number of hydrogen-bond donors (Lipinski definition) is 1. The zero-order valence-electron chi connectivity index (χ0n) is 29.9. The van der Waals surface area contributed by atoms with Crippen molar-refractivity contribution < 1.29 is 46.5 Å². The summed E-state index contributed by atoms with van der Waals surface area (Å²) >= 11 is 0. The summed E-state index contributed by atoms with van der Waals surface area (Å²) in [5.41, 5.74) is -0.267. The Hall–Kier alpha value is -3.84. The fourth-order valence-corrected chi connectivity index (χ4v) is 6.74. The number of ether oxygens (including phenoxy) is 4. The van der Waals surface area contributed by atoms with Gasteiger partial charge in [0.2, 0.25) is 11.8 Å². The largest absolute Gasteiger partial charge is 0.484 e. The van der Waals surface area contributed by atoms with Crippen LogP contribution in [0.4, 0.5) is 18.0 Å². The van der Waals surface area contributed by atoms with E-state index in [1.165, 1.54) is 17.0 Å². The molecule has 2 bridgehead atoms. The van der Waals surface area contributed by atoms with Crippen molar-refractivity contribution in [3.63, 3.8) is 0 Å². The number of carbonyl (C=O) groups excluding carboxylic acids is 3. The molecule has 11 nitrogen and oxygen atoms in total. The lowest BCUT2D eigenvalue weighted by molar-refractivity contribution is -0.165. The van der Waals surface area contributed by atoms with Crippen molar-refractivity contribution in [3.8, 4) is 11.6 Å². The number of fused-ring (bicyclic) bond motifs is 5. The highest BCUT2D eigenvalue weighted by atomic mass is 19.4. The van der Waals surface area contributed by atoms with Gasteiger partial charge in [-0.2, -0.15) is 13.2 Å². The molecule has 2 amide bonds. The summed E-state index contributed by atoms with van der Waals surface area (Å²) in [6.45, 7) is 11.2. The number of amides is 2. The van der Waals surface area contributed by atoms with Crippen molar-refractivity contribution in [2.45, 2.75) is 129 Å². The third kappa shape index (κ3) is 9.28. The average molecular weight is 707 g/mol. The van der Waals surface area contributed by atoms with Gasteiger partial charge >= 0.3 is 18.2 Å². The lowest BCUT2D eigenvalue weighted by Gasteiger charge is -2.36. The molecule has 1 aromatic heterocycles. The molecule has 3 aliphatic rings. The van der Waals surface area contributed by atoms with Gasteiger partial charge in [0, 0.05) is 12.0 Å². The van der Waals surface area contributed by atoms with Crippen molar-refractivity contribution in [1.29, 1.82) is 0 Å². The van der Waals surface area contributed by atoms with Gasteiger partial charge in [-0.1, -0.05) is 40.5 Å². The summed E-state index contributed by atoms with van der Waals surface area (Å²) in [6, 6.07) is 2.32. The van der Waals surface area contributed by atoms with E-state index >= 15 is 0 Å². The number of hydrogen-bond acceptors (Lipinski definition) is 9. The number of nitrogens with zero attached hydrogens (tertiary/aromatic N) is 3. The molecule has 3 heterocycles. The second kappa shape index (κ2) is 14.4. The third-order valence-electron chi connectivity index (χ3n) is 9.31. The van der Waals surface area contributed by atoms with Crippen LogP contribution in [-0.2, 0) is 25.5 Å². The summed E-state index contributed by atoms with van der Waals surface area (Å²) in [6.07, 6.45) is -0.952. The molecule has 1 N–H and O–H groups in total. The summed E-state index contributed by atoms with van der Waals surface area (Å²) in [7, 11) is 0. The maximum absolute atomic E-state index is 14.5. The molecular formula is C36H49F3N4O7. The fraction of sp³-hybridized carbons (Fsp3) is 0.694. The first-order chi connectivity index (χ1) is 23.3. The number of nitrogens with one attached hydrogen (secondary N) is 1. The van der Waals surface area contributed by atoms with Crippen LogP contribution < -0.4 is 14.8 Å². The second-order valence-corrected chi connectivity index (χ2v) is 15.7. The Kier molecular flexibility index (Phi) is 10.8. The maximum atomic E-state index is 14.5. The van der Waals surface area contributed by atoms with Gasteiger partial charge < -0.3 is 29.2 Å². The minimum atomic E-state index is -4.51. The number of alkyl halides is 3. The van der Waals surface area contributed by atoms with Gasteiger partial charge in [0.05, 0.1) is 17.6 Å². The van der Waals surface area contributed by atoms with Crippen LogP contribution in [0, 0.1) is 17.3 Å². The number of aromatic nitrogens is 2. The highest BCUT2D eigenvalue weighted by molar-refractivity contribution is 5.91. The lowest BCUT2D eigenvalue weighted by Crippen LogP contribution is -2.58. The molecule has 2 aromatic rings. The average Bonchev–Trinajstić information content (AvgIpc) is 3.62. The van der Waals surface area contributed by atoms with Gasteiger partial charge in [0.1, 0.15) is 41.3 Å². The second-order valence-electron chi connectivity index (χ2n) is 15.7. The molecule has 5 rings (SSSR count). The van der Waals surface area contributed by atoms with E-state index in [-0.39, 0.29) is 35.7 Å². The van der Waals surface area contributed by atoms with Gasteiger partial charge in [-0.25, -0.2) is 19.6 Å². The number of alkyl carbamates (subject to hydrolysis) is 1. The standard InChI is InChI=1S/C36H49F3N4O7/c1-8-22-27-18-43(28(22)32(45)50-35(5,6)7)31(44)29(34(2,3)4)42-33(46)49-26-16-20(26)12-10-9-11-13-24-30(48-27)41-25-17-21(14-15-23(25)40-24)47-19-36(37,38)39/h14-15,17,20,22,26-29H,8-13,16,18-19H2,1-7H3,(H,42,46)/t20?,22-,26-,27+,28+,29-/m1/s1. The predicted molar refractivity (Wildman–Crippen MR) is 178 cm³/mol. The van der Waals surface area contributed by atoms with Crippen LogP contribution in [-0.4, -0.2) is 82.1 Å². The van der Waals surface area contributed by atoms with E-state index in [4.69, 9.17) is 28.9 Å². The van der Waals surface area contributed by atoms with Gasteiger partial charge in [-0.15, -0.1) is 0 Å². The van der Waals surface area contributed by atoms with Crippen LogP contribution >= 0.6 is 0 Å². The van der Waals surface area contributed by atoms with E-state index < -0.39 is 65.9 Å². The minimum absolute atomic E-state index is 0.0108. The molecule has 0 spiro atoms. The van der Waals surface area contributed by atoms with Gasteiger partial charge in [-0.05, 0) is 76.3 Å². The molecule has 276 valence electrons. The molecule has 1 saturated carbocycles. The third-order valence-corrected chi connectivity index (χ3v) is 9.31. The Labute approximate surface area is 290 Å². The van der Waals surface area contributed by atoms with Crippen molar-refractivity contribution in [2.75, 3.05) is 13.2 Å². The molecule has 50 heavy (non-hydrogen) atoms. The summed E-state index contributed by atoms with van der Waals surface area (Å²) in [5, 5.41) is 2.80. The zero-order valence-corrected chi connectivity index (χ0v) is 29.9. The molecule has 1 aliphatic carbocycles. The van der Waals surface area contributed by atoms with Gasteiger partial charge in [0.25, 0.3) is 0 Å². The van der Waals surface area contributed by atoms with Crippen LogP contribution in [0.3, 0.4) is 0 Å². The first-order valence-electron chi connectivity index (χ1n) is 17.5. The van der Waals surface area contributed by atoms with Crippen LogP contribution in [0.25, 0.3) is 11.0 Å². The first kappa shape index (κ1) is 37.4. The van der Waals surface area contributed by atoms with Crippen LogP contribution in [0.5, 0.6) is 11.6 Å². The van der Waals surface area contributed by atoms with Crippen molar-refractivity contribution in [3.05, 3.63) is 23.9 Å². The number of aryl methyl sites for hydroxylation is 1. The Morgan fingerprint density at radius 1 is 1.00 bits per heavy atom. The van der Waals surface area contributed by atoms with Crippen LogP contribution in [0.1, 0.15) is 92.7 Å². The van der Waals surface area contributed by atoms with E-state index in [0.29, 0.717) is 24.1 Å². The van der Waals surface area contributed by atoms with E-state index in [2.05, 4.69) is 5.32 Å². The highest BCUT2D eigenvalue weighted by Crippen LogP contribution is 2.39. The summed E-state index contributed by atoms with van der Waals surface area (Å²) < 4.78 is 61.8. The van der Waals surface area contributed by atoms with Crippen molar-refractivity contribution in [2.24, 2.45) is 17.3 Å². The van der Waals surface area contributed by atoms with E-state index in [0.717, 1.165) is 32.1 Å². The zero-order chi connectivity index (χ0) is 36.6. The molecule has 1 saturated heterocycles. The number of carbonyl (C=O) groups is 3. The van der Waals surface area contributed by atoms with E-state index in [1.54, 1.807) is 26.8 Å². The molecule has 0 radical (unpaired) electrons. The maximum Gasteiger partial charge on any atom is 0.422 e. The number of halogens is 3. The van der Waals surface area contributed by atoms with Gasteiger partial charge in [0.15, 0.2) is 6.61 Å². The molecule has 6 atom stereocenters. The van der Waals surface area contributed by atoms with Crippen LogP contribution in [0.2, 0.25) is 0 Å². The Morgan fingerprint density at radius 3 is 2.40 bits per heavy atom. The molecule has 2 fully saturated rings. The van der Waals surface area contributed by atoms with Crippen molar-refractivity contribution >= 4 is 29.0 Å². The minimum Gasteiger partial charge on any atom is -0.484 e. The Bertz CT molecular complexity index is 1570. The number of esters is 1. The topological polar surface area (TPSA) is 129 Å². The monoisotopic (exact) mass is 706 g/mol. The quantitative estimate of drug-likeness (QED) is 0.353. The van der Waals surface area contributed by atoms with Gasteiger partial charge in [-0.3, -0.25) is 4.79 Å². The molecule has 14 heteroatoms. The van der Waals surface area contributed by atoms with Crippen molar-refractivity contribution in [1.82, 2.24) is 20.2 Å². The Morgan fingerprint density at radius 2 is 1.74 bits per heavy atom. The fourth-order valence-electron chi connectivity index (χ4n) is 6.74. The smallest absolute Gasteiger partial charge is 0.422 e. The van der Waals surface area contributed by atoms with E-state index in [1.807, 2.05) is 27.7 Å². The number of rotatable bonds is 4. The lowest BCUT2D eigenvalue weighted by atomic mass is 9.85. The summed E-state index contributed by atoms with van der Waals surface area (Å²) in [4.78, 5) is 52.4. The molecule has 1 unspecified atom stereocenters. The predicted octanol–water partition coefficient (Wildman–Crippen LogP) is 6.54. The first-order valence-corrected chi connectivity index (χ1v) is 17.5. The number of benzene rings is 1.